The number of benzene rings is 2. The zero-order chi connectivity index (χ0) is 14.7. The van der Waals surface area contributed by atoms with Gasteiger partial charge in [-0.05, 0) is 55.3 Å². The molecule has 20 heavy (non-hydrogen) atoms. The second-order valence-corrected chi connectivity index (χ2v) is 5.63. The molecule has 1 unspecified atom stereocenters. The Morgan fingerprint density at radius 2 is 1.95 bits per heavy atom. The van der Waals surface area contributed by atoms with Crippen molar-refractivity contribution in [2.24, 2.45) is 0 Å². The van der Waals surface area contributed by atoms with Gasteiger partial charge >= 0.3 is 0 Å². The van der Waals surface area contributed by atoms with E-state index >= 15 is 0 Å². The van der Waals surface area contributed by atoms with Crippen molar-refractivity contribution in [1.29, 1.82) is 0 Å². The van der Waals surface area contributed by atoms with Crippen LogP contribution in [-0.4, -0.2) is 7.11 Å². The maximum absolute atomic E-state index is 13.7. The maximum atomic E-state index is 13.7. The van der Waals surface area contributed by atoms with Crippen molar-refractivity contribution in [3.05, 3.63) is 57.8 Å². The van der Waals surface area contributed by atoms with Crippen LogP contribution >= 0.6 is 15.9 Å². The van der Waals surface area contributed by atoms with Crippen molar-refractivity contribution in [2.45, 2.75) is 19.9 Å². The van der Waals surface area contributed by atoms with Crippen molar-refractivity contribution in [3.63, 3.8) is 0 Å². The number of methoxy groups -OCH3 is 1. The van der Waals surface area contributed by atoms with Crippen molar-refractivity contribution in [1.82, 2.24) is 0 Å². The fourth-order valence-corrected chi connectivity index (χ4v) is 2.53. The number of anilines is 1. The van der Waals surface area contributed by atoms with E-state index in [1.165, 1.54) is 13.2 Å². The molecule has 106 valence electrons. The number of hydrogen-bond acceptors (Lipinski definition) is 2. The Kier molecular flexibility index (Phi) is 4.65. The third kappa shape index (κ3) is 3.31. The van der Waals surface area contributed by atoms with Gasteiger partial charge in [0.05, 0.1) is 7.11 Å². The van der Waals surface area contributed by atoms with Crippen LogP contribution in [0.25, 0.3) is 0 Å². The first-order valence-corrected chi connectivity index (χ1v) is 7.16. The highest BCUT2D eigenvalue weighted by Crippen LogP contribution is 2.27. The second-order valence-electron chi connectivity index (χ2n) is 4.72. The third-order valence-electron chi connectivity index (χ3n) is 3.24. The predicted molar refractivity (Wildman–Crippen MR) is 83.9 cm³/mol. The van der Waals surface area contributed by atoms with Gasteiger partial charge in [-0.1, -0.05) is 22.0 Å². The Balaban J connectivity index is 2.19. The lowest BCUT2D eigenvalue weighted by Crippen LogP contribution is -2.08. The topological polar surface area (TPSA) is 21.3 Å². The molecule has 0 fully saturated rings. The van der Waals surface area contributed by atoms with Gasteiger partial charge in [0.25, 0.3) is 0 Å². The summed E-state index contributed by atoms with van der Waals surface area (Å²) in [5, 5.41) is 3.39. The smallest absolute Gasteiger partial charge is 0.165 e. The minimum atomic E-state index is -0.342. The molecule has 0 aliphatic carbocycles. The summed E-state index contributed by atoms with van der Waals surface area (Å²) >= 11 is 3.44. The van der Waals surface area contributed by atoms with E-state index < -0.39 is 0 Å². The molecule has 2 aromatic carbocycles. The second kappa shape index (κ2) is 6.27. The molecule has 0 heterocycles. The Bertz CT molecular complexity index is 615. The molecule has 0 spiro atoms. The first-order chi connectivity index (χ1) is 9.51. The molecule has 0 aliphatic heterocycles. The van der Waals surface area contributed by atoms with E-state index in [2.05, 4.69) is 21.2 Å². The molecule has 0 aliphatic rings. The van der Waals surface area contributed by atoms with Crippen LogP contribution in [0.1, 0.15) is 24.1 Å². The molecule has 0 amide bonds. The average Bonchev–Trinajstić information content (AvgIpc) is 2.41. The Morgan fingerprint density at radius 3 is 2.55 bits per heavy atom. The number of nitrogens with one attached hydrogen (secondary N) is 1. The van der Waals surface area contributed by atoms with E-state index in [-0.39, 0.29) is 17.6 Å². The molecule has 2 nitrogen and oxygen atoms in total. The molecule has 2 rings (SSSR count). The summed E-state index contributed by atoms with van der Waals surface area (Å²) in [5.41, 5.74) is 3.06. The van der Waals surface area contributed by atoms with Crippen LogP contribution < -0.4 is 10.1 Å². The lowest BCUT2D eigenvalue weighted by molar-refractivity contribution is 0.386. The summed E-state index contributed by atoms with van der Waals surface area (Å²) < 4.78 is 19.7. The number of hydrogen-bond donors (Lipinski definition) is 1. The summed E-state index contributed by atoms with van der Waals surface area (Å²) in [4.78, 5) is 0. The van der Waals surface area contributed by atoms with Gasteiger partial charge < -0.3 is 10.1 Å². The minimum Gasteiger partial charge on any atom is -0.494 e. The van der Waals surface area contributed by atoms with Crippen LogP contribution in [0.5, 0.6) is 5.75 Å². The number of rotatable bonds is 4. The number of ether oxygens (including phenoxy) is 1. The van der Waals surface area contributed by atoms with Gasteiger partial charge in [0.2, 0.25) is 0 Å². The van der Waals surface area contributed by atoms with Crippen LogP contribution in [0.15, 0.2) is 40.9 Å². The zero-order valence-corrected chi connectivity index (χ0v) is 13.3. The molecule has 0 radical (unpaired) electrons. The Labute approximate surface area is 127 Å². The summed E-state index contributed by atoms with van der Waals surface area (Å²) in [6.45, 7) is 4.04. The first kappa shape index (κ1) is 14.9. The zero-order valence-electron chi connectivity index (χ0n) is 11.7. The van der Waals surface area contributed by atoms with Gasteiger partial charge in [0.15, 0.2) is 11.6 Å². The molecule has 4 heteroatoms. The Morgan fingerprint density at radius 1 is 1.20 bits per heavy atom. The first-order valence-electron chi connectivity index (χ1n) is 6.37. The highest BCUT2D eigenvalue weighted by atomic mass is 79.9. The van der Waals surface area contributed by atoms with E-state index in [0.29, 0.717) is 0 Å². The van der Waals surface area contributed by atoms with Crippen LogP contribution in [0.4, 0.5) is 10.1 Å². The van der Waals surface area contributed by atoms with Gasteiger partial charge in [-0.3, -0.25) is 0 Å². The molecule has 0 saturated heterocycles. The fourth-order valence-electron chi connectivity index (χ4n) is 2.06. The van der Waals surface area contributed by atoms with Crippen LogP contribution in [0.2, 0.25) is 0 Å². The lowest BCUT2D eigenvalue weighted by Gasteiger charge is -2.18. The van der Waals surface area contributed by atoms with E-state index in [1.54, 1.807) is 6.07 Å². The third-order valence-corrected chi connectivity index (χ3v) is 3.73. The van der Waals surface area contributed by atoms with Crippen molar-refractivity contribution in [2.75, 3.05) is 12.4 Å². The van der Waals surface area contributed by atoms with E-state index in [0.717, 1.165) is 21.3 Å². The monoisotopic (exact) mass is 337 g/mol. The molecule has 0 bridgehead atoms. The van der Waals surface area contributed by atoms with E-state index in [1.807, 2.05) is 38.1 Å². The quantitative estimate of drug-likeness (QED) is 0.840. The van der Waals surface area contributed by atoms with Crippen LogP contribution in [-0.2, 0) is 0 Å². The molecule has 2 aromatic rings. The number of aryl methyl sites for hydroxylation is 1. The van der Waals surface area contributed by atoms with E-state index in [4.69, 9.17) is 4.74 Å². The van der Waals surface area contributed by atoms with Gasteiger partial charge in [-0.2, -0.15) is 0 Å². The standard InChI is InChI=1S/C16H17BrFNO/c1-10-8-13(17)5-6-15(10)19-11(2)12-4-7-16(20-3)14(18)9-12/h4-9,11,19H,1-3H3. The van der Waals surface area contributed by atoms with Crippen molar-refractivity contribution in [3.8, 4) is 5.75 Å². The van der Waals surface area contributed by atoms with Gasteiger partial charge in [0.1, 0.15) is 0 Å². The molecular weight excluding hydrogens is 321 g/mol. The normalized spacial score (nSPS) is 12.1. The molecule has 1 atom stereocenters. The summed E-state index contributed by atoms with van der Waals surface area (Å²) in [7, 11) is 1.46. The highest BCUT2D eigenvalue weighted by Gasteiger charge is 2.10. The maximum Gasteiger partial charge on any atom is 0.165 e. The predicted octanol–water partition coefficient (Wildman–Crippen LogP) is 5.08. The fraction of sp³-hybridized carbons (Fsp3) is 0.250. The van der Waals surface area contributed by atoms with Crippen molar-refractivity contribution >= 4 is 21.6 Å². The molecule has 0 aromatic heterocycles. The van der Waals surface area contributed by atoms with E-state index in [9.17, 15) is 4.39 Å². The molecule has 0 saturated carbocycles. The van der Waals surface area contributed by atoms with Gasteiger partial charge in [0, 0.05) is 16.2 Å². The van der Waals surface area contributed by atoms with Gasteiger partial charge in [-0.25, -0.2) is 4.39 Å². The SMILES string of the molecule is COc1ccc(C(C)Nc2ccc(Br)cc2C)cc1F. The molecular formula is C16H17BrFNO. The summed E-state index contributed by atoms with van der Waals surface area (Å²) in [6, 6.07) is 11.1. The average molecular weight is 338 g/mol. The largest absolute Gasteiger partial charge is 0.494 e. The van der Waals surface area contributed by atoms with Crippen LogP contribution in [0, 0.1) is 12.7 Å². The molecule has 1 N–H and O–H groups in total. The summed E-state index contributed by atoms with van der Waals surface area (Å²) in [6.07, 6.45) is 0. The van der Waals surface area contributed by atoms with Crippen molar-refractivity contribution < 1.29 is 9.13 Å². The summed E-state index contributed by atoms with van der Waals surface area (Å²) in [5.74, 6) is -0.0769. The van der Waals surface area contributed by atoms with Gasteiger partial charge in [-0.15, -0.1) is 0 Å². The highest BCUT2D eigenvalue weighted by molar-refractivity contribution is 9.10. The minimum absolute atomic E-state index is 0.00952. The Hall–Kier alpha value is -1.55. The number of halogens is 2. The lowest BCUT2D eigenvalue weighted by atomic mass is 10.1. The van der Waals surface area contributed by atoms with Crippen LogP contribution in [0.3, 0.4) is 0 Å².